The van der Waals surface area contributed by atoms with Crippen molar-refractivity contribution in [2.45, 2.75) is 6.92 Å². The van der Waals surface area contributed by atoms with Crippen LogP contribution in [-0.2, 0) is 4.79 Å². The maximum absolute atomic E-state index is 13.4. The molecule has 0 heterocycles. The lowest BCUT2D eigenvalue weighted by atomic mass is 10.2. The number of aryl methyl sites for hydroxylation is 1. The van der Waals surface area contributed by atoms with Crippen LogP contribution in [0.3, 0.4) is 0 Å². The number of carbonyl (C=O) groups is 1. The first-order valence-electron chi connectivity index (χ1n) is 6.11. The Balaban J connectivity index is 1.96. The lowest BCUT2D eigenvalue weighted by Gasteiger charge is -2.10. The molecule has 5 heteroatoms. The fourth-order valence-corrected chi connectivity index (χ4v) is 1.72. The van der Waals surface area contributed by atoms with E-state index >= 15 is 0 Å². The number of rotatable bonds is 4. The lowest BCUT2D eigenvalue weighted by Crippen LogP contribution is -2.22. The minimum atomic E-state index is -0.990. The number of hydrogen-bond acceptors (Lipinski definition) is 2. The van der Waals surface area contributed by atoms with Gasteiger partial charge in [-0.2, -0.15) is 0 Å². The maximum atomic E-state index is 13.4. The van der Waals surface area contributed by atoms with Gasteiger partial charge in [0.05, 0.1) is 12.2 Å². The highest BCUT2D eigenvalue weighted by Gasteiger charge is 2.09. The van der Waals surface area contributed by atoms with Crippen molar-refractivity contribution >= 4 is 17.3 Å². The van der Waals surface area contributed by atoms with E-state index in [4.69, 9.17) is 0 Å². The van der Waals surface area contributed by atoms with Crippen LogP contribution in [0.1, 0.15) is 5.56 Å². The third-order valence-electron chi connectivity index (χ3n) is 2.81. The van der Waals surface area contributed by atoms with Crippen LogP contribution >= 0.6 is 0 Å². The first kappa shape index (κ1) is 14.0. The number of halogens is 2. The molecular formula is C15H14F2N2O. The van der Waals surface area contributed by atoms with Crippen LogP contribution in [0.15, 0.2) is 42.5 Å². The van der Waals surface area contributed by atoms with Gasteiger partial charge >= 0.3 is 0 Å². The van der Waals surface area contributed by atoms with Crippen LogP contribution in [0, 0.1) is 18.6 Å². The molecule has 0 aliphatic rings. The van der Waals surface area contributed by atoms with E-state index in [0.717, 1.165) is 11.6 Å². The van der Waals surface area contributed by atoms with Gasteiger partial charge in [-0.1, -0.05) is 24.3 Å². The first-order chi connectivity index (χ1) is 9.58. The van der Waals surface area contributed by atoms with E-state index in [9.17, 15) is 13.6 Å². The van der Waals surface area contributed by atoms with Crippen LogP contribution in [0.4, 0.5) is 20.2 Å². The molecule has 1 amide bonds. The summed E-state index contributed by atoms with van der Waals surface area (Å²) in [6.07, 6.45) is 0. The van der Waals surface area contributed by atoms with E-state index in [-0.39, 0.29) is 18.1 Å². The van der Waals surface area contributed by atoms with E-state index in [2.05, 4.69) is 10.6 Å². The summed E-state index contributed by atoms with van der Waals surface area (Å²) in [5, 5.41) is 5.26. The number of amides is 1. The average Bonchev–Trinajstić information content (AvgIpc) is 2.43. The van der Waals surface area contributed by atoms with Crippen molar-refractivity contribution in [2.75, 3.05) is 17.2 Å². The smallest absolute Gasteiger partial charge is 0.243 e. The summed E-state index contributed by atoms with van der Waals surface area (Å²) in [7, 11) is 0. The van der Waals surface area contributed by atoms with E-state index in [1.165, 1.54) is 12.1 Å². The molecule has 0 unspecified atom stereocenters. The molecule has 2 N–H and O–H groups in total. The number of carbonyl (C=O) groups excluding carboxylic acids is 1. The normalized spacial score (nSPS) is 10.2. The van der Waals surface area contributed by atoms with Gasteiger partial charge in [0.2, 0.25) is 5.91 Å². The second-order valence-electron chi connectivity index (χ2n) is 4.32. The maximum Gasteiger partial charge on any atom is 0.243 e. The van der Waals surface area contributed by atoms with Crippen LogP contribution in [0.5, 0.6) is 0 Å². The van der Waals surface area contributed by atoms with E-state index in [0.29, 0.717) is 5.69 Å². The van der Waals surface area contributed by atoms with E-state index < -0.39 is 11.6 Å². The number of hydrogen-bond donors (Lipinski definition) is 2. The number of nitrogens with one attached hydrogen (secondary N) is 2. The van der Waals surface area contributed by atoms with E-state index in [1.807, 2.05) is 25.1 Å². The summed E-state index contributed by atoms with van der Waals surface area (Å²) in [5.41, 5.74) is 1.58. The topological polar surface area (TPSA) is 41.1 Å². The lowest BCUT2D eigenvalue weighted by molar-refractivity contribution is -0.114. The molecular weight excluding hydrogens is 262 g/mol. The Bertz CT molecular complexity index is 629. The molecule has 2 rings (SSSR count). The molecule has 3 nitrogen and oxygen atoms in total. The minimum absolute atomic E-state index is 0.0371. The molecule has 0 radical (unpaired) electrons. The summed E-state index contributed by atoms with van der Waals surface area (Å²) in [6.45, 7) is 1.73. The van der Waals surface area contributed by atoms with Gasteiger partial charge in [-0.15, -0.1) is 0 Å². The van der Waals surface area contributed by atoms with Gasteiger partial charge in [0, 0.05) is 5.69 Å². The molecule has 0 fully saturated rings. The molecule has 2 aromatic rings. The summed E-state index contributed by atoms with van der Waals surface area (Å²) in [6, 6.07) is 11.1. The zero-order chi connectivity index (χ0) is 14.5. The third kappa shape index (κ3) is 3.32. The van der Waals surface area contributed by atoms with Crippen molar-refractivity contribution < 1.29 is 13.6 Å². The van der Waals surface area contributed by atoms with Crippen molar-refractivity contribution in [1.29, 1.82) is 0 Å². The number of benzene rings is 2. The van der Waals surface area contributed by atoms with Crippen LogP contribution in [0.25, 0.3) is 0 Å². The second-order valence-corrected chi connectivity index (χ2v) is 4.32. The molecule has 0 aliphatic heterocycles. The van der Waals surface area contributed by atoms with Crippen molar-refractivity contribution in [3.8, 4) is 0 Å². The zero-order valence-electron chi connectivity index (χ0n) is 10.9. The van der Waals surface area contributed by atoms with Gasteiger partial charge in [-0.3, -0.25) is 4.79 Å². The molecule has 0 bridgehead atoms. The second kappa shape index (κ2) is 6.14. The van der Waals surface area contributed by atoms with Crippen LogP contribution in [0.2, 0.25) is 0 Å². The average molecular weight is 276 g/mol. The highest BCUT2D eigenvalue weighted by molar-refractivity contribution is 5.94. The van der Waals surface area contributed by atoms with Crippen molar-refractivity contribution in [3.63, 3.8) is 0 Å². The quantitative estimate of drug-likeness (QED) is 0.899. The fraction of sp³-hybridized carbons (Fsp3) is 0.133. The predicted octanol–water partition coefficient (Wildman–Crippen LogP) is 3.32. The molecule has 0 aromatic heterocycles. The van der Waals surface area contributed by atoms with Gasteiger partial charge in [0.15, 0.2) is 11.6 Å². The Kier molecular flexibility index (Phi) is 4.30. The van der Waals surface area contributed by atoms with Gasteiger partial charge in [-0.05, 0) is 30.7 Å². The van der Waals surface area contributed by atoms with Gasteiger partial charge in [0.1, 0.15) is 0 Å². The Morgan fingerprint density at radius 1 is 1.05 bits per heavy atom. The molecule has 104 valence electrons. The van der Waals surface area contributed by atoms with Crippen molar-refractivity contribution in [1.82, 2.24) is 0 Å². The SMILES string of the molecule is Cc1ccccc1NC(=O)CNc1cccc(F)c1F. The predicted molar refractivity (Wildman–Crippen MR) is 74.7 cm³/mol. The van der Waals surface area contributed by atoms with Crippen LogP contribution in [-0.4, -0.2) is 12.5 Å². The van der Waals surface area contributed by atoms with E-state index in [1.54, 1.807) is 6.07 Å². The molecule has 0 atom stereocenters. The Morgan fingerprint density at radius 2 is 1.75 bits per heavy atom. The molecule has 0 spiro atoms. The fourth-order valence-electron chi connectivity index (χ4n) is 1.72. The Hall–Kier alpha value is -2.43. The third-order valence-corrected chi connectivity index (χ3v) is 2.81. The molecule has 20 heavy (non-hydrogen) atoms. The van der Waals surface area contributed by atoms with Gasteiger partial charge < -0.3 is 10.6 Å². The standard InChI is InChI=1S/C15H14F2N2O/c1-10-5-2-3-7-12(10)19-14(20)9-18-13-8-4-6-11(16)15(13)17/h2-8,18H,9H2,1H3,(H,19,20). The molecule has 0 saturated heterocycles. The number of anilines is 2. The first-order valence-corrected chi connectivity index (χ1v) is 6.11. The Labute approximate surface area is 115 Å². The largest absolute Gasteiger partial charge is 0.374 e. The highest BCUT2D eigenvalue weighted by atomic mass is 19.2. The van der Waals surface area contributed by atoms with Gasteiger partial charge in [-0.25, -0.2) is 8.78 Å². The van der Waals surface area contributed by atoms with Gasteiger partial charge in [0.25, 0.3) is 0 Å². The highest BCUT2D eigenvalue weighted by Crippen LogP contribution is 2.16. The summed E-state index contributed by atoms with van der Waals surface area (Å²) >= 11 is 0. The molecule has 2 aromatic carbocycles. The molecule has 0 aliphatic carbocycles. The number of para-hydroxylation sites is 1. The zero-order valence-corrected chi connectivity index (χ0v) is 10.9. The van der Waals surface area contributed by atoms with Crippen LogP contribution < -0.4 is 10.6 Å². The Morgan fingerprint density at radius 3 is 2.50 bits per heavy atom. The minimum Gasteiger partial charge on any atom is -0.374 e. The van der Waals surface area contributed by atoms with Crippen molar-refractivity contribution in [3.05, 3.63) is 59.7 Å². The molecule has 0 saturated carbocycles. The monoisotopic (exact) mass is 276 g/mol. The summed E-state index contributed by atoms with van der Waals surface area (Å²) < 4.78 is 26.4. The summed E-state index contributed by atoms with van der Waals surface area (Å²) in [4.78, 5) is 11.7. The van der Waals surface area contributed by atoms with Crippen molar-refractivity contribution in [2.24, 2.45) is 0 Å². The summed E-state index contributed by atoms with van der Waals surface area (Å²) in [5.74, 6) is -2.27.